The first-order valence-electron chi connectivity index (χ1n) is 5.22. The molecule has 0 amide bonds. The molecule has 1 N–H and O–H groups in total. The molecule has 0 aromatic carbocycles. The Hall–Kier alpha value is -0.420. The minimum Gasteiger partial charge on any atom is -0.392 e. The summed E-state index contributed by atoms with van der Waals surface area (Å²) >= 11 is 0. The molecule has 15 heavy (non-hydrogen) atoms. The molecule has 0 aliphatic carbocycles. The van der Waals surface area contributed by atoms with Crippen molar-refractivity contribution in [2.24, 2.45) is 0 Å². The van der Waals surface area contributed by atoms with E-state index in [1.807, 2.05) is 13.0 Å². The summed E-state index contributed by atoms with van der Waals surface area (Å²) < 4.78 is 15.2. The van der Waals surface area contributed by atoms with Gasteiger partial charge in [-0.05, 0) is 19.8 Å². The Bertz CT molecular complexity index is 157. The molecule has 0 bridgehead atoms. The summed E-state index contributed by atoms with van der Waals surface area (Å²) in [5.41, 5.74) is 1.01. The number of allylic oxidation sites excluding steroid dienone is 1. The van der Waals surface area contributed by atoms with Crippen LogP contribution in [0.2, 0.25) is 0 Å². The van der Waals surface area contributed by atoms with Gasteiger partial charge in [0.1, 0.15) is 6.79 Å². The lowest BCUT2D eigenvalue weighted by Gasteiger charge is -2.04. The quantitative estimate of drug-likeness (QED) is 0.341. The molecule has 0 radical (unpaired) electrons. The van der Waals surface area contributed by atoms with Crippen molar-refractivity contribution in [3.63, 3.8) is 0 Å². The summed E-state index contributed by atoms with van der Waals surface area (Å²) in [6.45, 7) is 4.23. The van der Waals surface area contributed by atoms with Crippen LogP contribution in [0, 0.1) is 0 Å². The van der Waals surface area contributed by atoms with Crippen LogP contribution in [0.1, 0.15) is 19.8 Å². The predicted octanol–water partition coefficient (Wildman–Crippen LogP) is 1.34. The van der Waals surface area contributed by atoms with Crippen LogP contribution in [0.25, 0.3) is 0 Å². The summed E-state index contributed by atoms with van der Waals surface area (Å²) in [6.07, 6.45) is 3.91. The third-order valence-corrected chi connectivity index (χ3v) is 1.83. The van der Waals surface area contributed by atoms with E-state index >= 15 is 0 Å². The minimum absolute atomic E-state index is 0.140. The lowest BCUT2D eigenvalue weighted by Crippen LogP contribution is -2.06. The third kappa shape index (κ3) is 11.5. The van der Waals surface area contributed by atoms with Crippen LogP contribution >= 0.6 is 0 Å². The Morgan fingerprint density at radius 3 is 2.60 bits per heavy atom. The van der Waals surface area contributed by atoms with E-state index in [0.29, 0.717) is 26.6 Å². The molecule has 0 saturated carbocycles. The highest BCUT2D eigenvalue weighted by atomic mass is 16.7. The Labute approximate surface area is 91.8 Å². The molecular weight excluding hydrogens is 196 g/mol. The molecule has 0 aliphatic rings. The fourth-order valence-corrected chi connectivity index (χ4v) is 0.917. The van der Waals surface area contributed by atoms with Gasteiger partial charge in [0.25, 0.3) is 0 Å². The molecule has 0 saturated heterocycles. The van der Waals surface area contributed by atoms with E-state index < -0.39 is 0 Å². The topological polar surface area (TPSA) is 47.9 Å². The lowest BCUT2D eigenvalue weighted by atomic mass is 10.2. The second-order valence-electron chi connectivity index (χ2n) is 3.28. The molecule has 0 fully saturated rings. The SMILES string of the molecule is COCCOCOCCC/C=C(\C)CO. The van der Waals surface area contributed by atoms with Crippen molar-refractivity contribution in [3.05, 3.63) is 11.6 Å². The van der Waals surface area contributed by atoms with Crippen molar-refractivity contribution in [3.8, 4) is 0 Å². The molecule has 0 rings (SSSR count). The molecule has 4 heteroatoms. The molecule has 0 aromatic rings. The second-order valence-corrected chi connectivity index (χ2v) is 3.28. The summed E-state index contributed by atoms with van der Waals surface area (Å²) in [5, 5.41) is 8.73. The van der Waals surface area contributed by atoms with Crippen molar-refractivity contribution in [2.45, 2.75) is 19.8 Å². The van der Waals surface area contributed by atoms with E-state index in [1.54, 1.807) is 7.11 Å². The summed E-state index contributed by atoms with van der Waals surface area (Å²) in [5.74, 6) is 0. The molecule has 90 valence electrons. The zero-order chi connectivity index (χ0) is 11.4. The highest BCUT2D eigenvalue weighted by Crippen LogP contribution is 1.97. The lowest BCUT2D eigenvalue weighted by molar-refractivity contribution is -0.0659. The molecule has 4 nitrogen and oxygen atoms in total. The second kappa shape index (κ2) is 11.7. The zero-order valence-electron chi connectivity index (χ0n) is 9.70. The Kier molecular flexibility index (Phi) is 11.3. The Balaban J connectivity index is 3.05. The van der Waals surface area contributed by atoms with E-state index in [4.69, 9.17) is 19.3 Å². The largest absolute Gasteiger partial charge is 0.392 e. The minimum atomic E-state index is 0.140. The summed E-state index contributed by atoms with van der Waals surface area (Å²) in [7, 11) is 1.64. The molecule has 0 aliphatic heterocycles. The van der Waals surface area contributed by atoms with E-state index in [2.05, 4.69) is 0 Å². The summed E-state index contributed by atoms with van der Waals surface area (Å²) in [4.78, 5) is 0. The van der Waals surface area contributed by atoms with Crippen LogP contribution < -0.4 is 0 Å². The third-order valence-electron chi connectivity index (χ3n) is 1.83. The number of ether oxygens (including phenoxy) is 3. The van der Waals surface area contributed by atoms with Crippen molar-refractivity contribution in [1.29, 1.82) is 0 Å². The molecule has 0 spiro atoms. The molecular formula is C11H22O4. The predicted molar refractivity (Wildman–Crippen MR) is 58.7 cm³/mol. The van der Waals surface area contributed by atoms with Gasteiger partial charge in [-0.1, -0.05) is 11.6 Å². The Morgan fingerprint density at radius 1 is 1.20 bits per heavy atom. The normalized spacial score (nSPS) is 12.1. The fourth-order valence-electron chi connectivity index (χ4n) is 0.917. The van der Waals surface area contributed by atoms with Gasteiger partial charge >= 0.3 is 0 Å². The van der Waals surface area contributed by atoms with Gasteiger partial charge in [-0.3, -0.25) is 0 Å². The first-order chi connectivity index (χ1) is 7.31. The smallest absolute Gasteiger partial charge is 0.146 e. The van der Waals surface area contributed by atoms with Crippen LogP contribution in [-0.4, -0.2) is 45.4 Å². The number of rotatable bonds is 10. The van der Waals surface area contributed by atoms with Crippen LogP contribution in [0.4, 0.5) is 0 Å². The van der Waals surface area contributed by atoms with Crippen LogP contribution in [-0.2, 0) is 14.2 Å². The van der Waals surface area contributed by atoms with Crippen molar-refractivity contribution in [2.75, 3.05) is 40.3 Å². The van der Waals surface area contributed by atoms with Gasteiger partial charge in [-0.2, -0.15) is 0 Å². The van der Waals surface area contributed by atoms with Crippen molar-refractivity contribution in [1.82, 2.24) is 0 Å². The van der Waals surface area contributed by atoms with Crippen LogP contribution in [0.15, 0.2) is 11.6 Å². The number of methoxy groups -OCH3 is 1. The van der Waals surface area contributed by atoms with E-state index in [-0.39, 0.29) is 6.61 Å². The fraction of sp³-hybridized carbons (Fsp3) is 0.818. The standard InChI is InChI=1S/C11H22O4/c1-11(9-12)5-3-4-6-14-10-15-8-7-13-2/h5,12H,3-4,6-10H2,1-2H3/b11-5+. The number of hydrogen-bond donors (Lipinski definition) is 1. The van der Waals surface area contributed by atoms with Crippen molar-refractivity contribution >= 4 is 0 Å². The average Bonchev–Trinajstić information content (AvgIpc) is 2.26. The monoisotopic (exact) mass is 218 g/mol. The van der Waals surface area contributed by atoms with Crippen LogP contribution in [0.3, 0.4) is 0 Å². The van der Waals surface area contributed by atoms with Gasteiger partial charge in [0.15, 0.2) is 0 Å². The highest BCUT2D eigenvalue weighted by Gasteiger charge is 1.90. The molecule has 0 atom stereocenters. The first kappa shape index (κ1) is 14.6. The van der Waals surface area contributed by atoms with Gasteiger partial charge in [0.05, 0.1) is 19.8 Å². The number of aliphatic hydroxyl groups is 1. The van der Waals surface area contributed by atoms with E-state index in [0.717, 1.165) is 18.4 Å². The maximum absolute atomic E-state index is 8.73. The average molecular weight is 218 g/mol. The van der Waals surface area contributed by atoms with Gasteiger partial charge < -0.3 is 19.3 Å². The maximum atomic E-state index is 8.73. The Morgan fingerprint density at radius 2 is 1.93 bits per heavy atom. The van der Waals surface area contributed by atoms with Gasteiger partial charge in [-0.25, -0.2) is 0 Å². The first-order valence-corrected chi connectivity index (χ1v) is 5.22. The summed E-state index contributed by atoms with van der Waals surface area (Å²) in [6, 6.07) is 0. The van der Waals surface area contributed by atoms with Crippen LogP contribution in [0.5, 0.6) is 0 Å². The number of aliphatic hydroxyl groups excluding tert-OH is 1. The molecule has 0 heterocycles. The molecule has 0 aromatic heterocycles. The van der Waals surface area contributed by atoms with Gasteiger partial charge in [-0.15, -0.1) is 0 Å². The van der Waals surface area contributed by atoms with Gasteiger partial charge in [0, 0.05) is 13.7 Å². The number of hydrogen-bond acceptors (Lipinski definition) is 4. The van der Waals surface area contributed by atoms with Gasteiger partial charge in [0.2, 0.25) is 0 Å². The number of unbranched alkanes of at least 4 members (excludes halogenated alkanes) is 1. The van der Waals surface area contributed by atoms with E-state index in [1.165, 1.54) is 0 Å². The highest BCUT2D eigenvalue weighted by molar-refractivity contribution is 4.97. The maximum Gasteiger partial charge on any atom is 0.146 e. The molecule has 0 unspecified atom stereocenters. The van der Waals surface area contributed by atoms with E-state index in [9.17, 15) is 0 Å². The zero-order valence-corrected chi connectivity index (χ0v) is 9.70. The van der Waals surface area contributed by atoms with Crippen molar-refractivity contribution < 1.29 is 19.3 Å².